The number of nitrogens with one attached hydrogen (secondary N) is 1. The Hall–Kier alpha value is -4.14. The minimum atomic E-state index is -1.02. The number of carbonyl (C=O) groups is 2. The van der Waals surface area contributed by atoms with E-state index < -0.39 is 5.97 Å². The van der Waals surface area contributed by atoms with Crippen LogP contribution in [0.1, 0.15) is 102 Å². The standard InChI is InChI=1S/C41H46N2O6/c1-2-47-20-21-48-19-7-14-35(44)42-28-15-16-29(32(24-28)41(45)46)37-33-22-26-10-3-8-25-9-4-12-30(36(25)26)39(33)49-40-31-13-6-18-43-17-5-11-27(38(31)43)23-34(37)40/h15-16,22-24H,2-14,17-21H2,1H3,(H,42,44)(H,45,46). The quantitative estimate of drug-likeness (QED) is 0.189. The summed E-state index contributed by atoms with van der Waals surface area (Å²) in [5.41, 5.74) is 11.4. The molecular formula is C41H46N2O6. The Morgan fingerprint density at radius 3 is 2.45 bits per heavy atom. The zero-order valence-corrected chi connectivity index (χ0v) is 28.6. The number of nitrogens with zero attached hydrogens (tertiary/aromatic N) is 1. The molecule has 3 aliphatic heterocycles. The molecule has 8 heteroatoms. The van der Waals surface area contributed by atoms with Gasteiger partial charge in [0, 0.05) is 71.6 Å². The molecule has 3 heterocycles. The number of rotatable bonds is 11. The van der Waals surface area contributed by atoms with E-state index in [0.717, 1.165) is 105 Å². The van der Waals surface area contributed by atoms with E-state index in [1.165, 1.54) is 33.2 Å². The van der Waals surface area contributed by atoms with E-state index in [0.29, 0.717) is 44.1 Å². The van der Waals surface area contributed by atoms with Gasteiger partial charge in [0.15, 0.2) is 0 Å². The summed E-state index contributed by atoms with van der Waals surface area (Å²) in [5, 5.41) is 16.1. The Kier molecular flexibility index (Phi) is 8.93. The molecule has 256 valence electrons. The van der Waals surface area contributed by atoms with E-state index in [4.69, 9.17) is 14.2 Å². The van der Waals surface area contributed by atoms with Crippen LogP contribution in [0.4, 0.5) is 11.4 Å². The second-order valence-corrected chi connectivity index (χ2v) is 14.0. The maximum Gasteiger partial charge on any atom is 0.336 e. The number of carboxylic acid groups (broad SMARTS) is 1. The summed E-state index contributed by atoms with van der Waals surface area (Å²) in [6.07, 6.45) is 11.6. The fraction of sp³-hybridized carbons (Fsp3) is 0.463. The van der Waals surface area contributed by atoms with Crippen molar-refractivity contribution in [2.24, 2.45) is 0 Å². The summed E-state index contributed by atoms with van der Waals surface area (Å²) in [6, 6.07) is 9.97. The van der Waals surface area contributed by atoms with Crippen molar-refractivity contribution in [2.45, 2.75) is 84.0 Å². The van der Waals surface area contributed by atoms with Crippen LogP contribution < -0.4 is 25.4 Å². The van der Waals surface area contributed by atoms with E-state index >= 15 is 0 Å². The molecule has 2 N–H and O–H groups in total. The van der Waals surface area contributed by atoms with Crippen LogP contribution in [0.3, 0.4) is 0 Å². The van der Waals surface area contributed by atoms with Crippen molar-refractivity contribution in [3.05, 3.63) is 79.7 Å². The molecule has 0 radical (unpaired) electrons. The molecule has 8 nitrogen and oxygen atoms in total. The van der Waals surface area contributed by atoms with Gasteiger partial charge in [-0.1, -0.05) is 11.6 Å². The van der Waals surface area contributed by atoms with Crippen molar-refractivity contribution >= 4 is 34.4 Å². The van der Waals surface area contributed by atoms with Gasteiger partial charge in [-0.05, 0) is 124 Å². The number of hydrogen-bond acceptors (Lipinski definition) is 6. The molecule has 3 aromatic carbocycles. The van der Waals surface area contributed by atoms with Gasteiger partial charge in [0.25, 0.3) is 0 Å². The molecule has 0 bridgehead atoms. The Labute approximate surface area is 287 Å². The van der Waals surface area contributed by atoms with Crippen LogP contribution in [0, 0.1) is 0 Å². The summed E-state index contributed by atoms with van der Waals surface area (Å²) in [4.78, 5) is 28.5. The van der Waals surface area contributed by atoms with Gasteiger partial charge in [-0.25, -0.2) is 4.79 Å². The third-order valence-electron chi connectivity index (χ3n) is 10.9. The summed E-state index contributed by atoms with van der Waals surface area (Å²) in [6.45, 7) is 6.24. The lowest BCUT2D eigenvalue weighted by Crippen LogP contribution is -2.36. The fourth-order valence-corrected chi connectivity index (χ4v) is 8.92. The number of benzene rings is 3. The highest BCUT2D eigenvalue weighted by Gasteiger charge is 2.35. The molecule has 0 unspecified atom stereocenters. The first kappa shape index (κ1) is 32.1. The van der Waals surface area contributed by atoms with Crippen LogP contribution in [0.5, 0.6) is 11.5 Å². The number of aryl methyl sites for hydroxylation is 2. The monoisotopic (exact) mass is 662 g/mol. The molecule has 3 aromatic rings. The first-order chi connectivity index (χ1) is 24.0. The number of carbonyl (C=O) groups excluding carboxylic acids is 1. The molecule has 8 rings (SSSR count). The van der Waals surface area contributed by atoms with Crippen molar-refractivity contribution in [3.63, 3.8) is 0 Å². The maximum atomic E-state index is 13.1. The number of hydrogen-bond donors (Lipinski definition) is 2. The smallest absolute Gasteiger partial charge is 0.336 e. The van der Waals surface area contributed by atoms with Gasteiger partial charge in [0.05, 0.1) is 18.8 Å². The predicted molar refractivity (Wildman–Crippen MR) is 191 cm³/mol. The van der Waals surface area contributed by atoms with Crippen LogP contribution in [0.15, 0.2) is 30.3 Å². The number of fused-ring (bicyclic) bond motifs is 4. The summed E-state index contributed by atoms with van der Waals surface area (Å²) >= 11 is 0. The average Bonchev–Trinajstić information content (AvgIpc) is 3.11. The predicted octanol–water partition coefficient (Wildman–Crippen LogP) is 6.03. The van der Waals surface area contributed by atoms with Crippen molar-refractivity contribution in [1.82, 2.24) is 0 Å². The van der Waals surface area contributed by atoms with Crippen LogP contribution in [-0.4, -0.2) is 56.5 Å². The Morgan fingerprint density at radius 1 is 0.837 bits per heavy atom. The second kappa shape index (κ2) is 13.6. The second-order valence-electron chi connectivity index (χ2n) is 14.0. The minimum absolute atomic E-state index is 0.167. The topological polar surface area (TPSA) is 97.3 Å². The fourth-order valence-electron chi connectivity index (χ4n) is 8.92. The molecule has 1 amide bonds. The number of ether oxygens (including phenoxy) is 3. The zero-order chi connectivity index (χ0) is 33.5. The third-order valence-corrected chi connectivity index (χ3v) is 10.9. The lowest BCUT2D eigenvalue weighted by atomic mass is 9.79. The molecule has 0 atom stereocenters. The SMILES string of the molecule is CCOCCOCCCC(=O)Nc1ccc(C2=c3cc4c5c(c3Oc3c2cc2c6c3CCCN6CCC2)CCCC=5CCC4)c(C(=O)O)c1. The van der Waals surface area contributed by atoms with Crippen molar-refractivity contribution < 1.29 is 28.9 Å². The molecular weight excluding hydrogens is 616 g/mol. The van der Waals surface area contributed by atoms with Gasteiger partial charge in [-0.3, -0.25) is 4.79 Å². The average molecular weight is 663 g/mol. The Morgan fingerprint density at radius 2 is 1.61 bits per heavy atom. The van der Waals surface area contributed by atoms with Gasteiger partial charge in [-0.2, -0.15) is 0 Å². The molecule has 0 aromatic heterocycles. The van der Waals surface area contributed by atoms with Crippen molar-refractivity contribution in [2.75, 3.05) is 49.7 Å². The van der Waals surface area contributed by atoms with E-state index in [-0.39, 0.29) is 17.9 Å². The van der Waals surface area contributed by atoms with Gasteiger partial charge < -0.3 is 29.5 Å². The van der Waals surface area contributed by atoms with E-state index in [1.807, 2.05) is 19.1 Å². The Bertz CT molecular complexity index is 1960. The van der Waals surface area contributed by atoms with E-state index in [1.54, 1.807) is 11.6 Å². The first-order valence-corrected chi connectivity index (χ1v) is 18.4. The maximum absolute atomic E-state index is 13.1. The van der Waals surface area contributed by atoms with Gasteiger partial charge >= 0.3 is 5.97 Å². The molecule has 5 aliphatic rings. The number of carboxylic acids is 1. The number of aromatic carboxylic acids is 1. The lowest BCUT2D eigenvalue weighted by molar-refractivity contribution is -0.116. The molecule has 0 fully saturated rings. The lowest BCUT2D eigenvalue weighted by Gasteiger charge is -2.39. The largest absolute Gasteiger partial charge is 0.478 e. The number of amides is 1. The van der Waals surface area contributed by atoms with Crippen molar-refractivity contribution in [3.8, 4) is 11.5 Å². The molecule has 49 heavy (non-hydrogen) atoms. The van der Waals surface area contributed by atoms with Crippen LogP contribution in [0.25, 0.3) is 11.1 Å². The van der Waals surface area contributed by atoms with E-state index in [2.05, 4.69) is 22.3 Å². The highest BCUT2D eigenvalue weighted by molar-refractivity contribution is 6.01. The molecule has 2 aliphatic carbocycles. The number of anilines is 2. The summed E-state index contributed by atoms with van der Waals surface area (Å²) in [5.74, 6) is 0.641. The van der Waals surface area contributed by atoms with Crippen LogP contribution in [-0.2, 0) is 40.0 Å². The summed E-state index contributed by atoms with van der Waals surface area (Å²) in [7, 11) is 0. The highest BCUT2D eigenvalue weighted by Crippen LogP contribution is 2.49. The minimum Gasteiger partial charge on any atom is -0.478 e. The molecule has 0 saturated carbocycles. The van der Waals surface area contributed by atoms with Gasteiger partial charge in [-0.15, -0.1) is 0 Å². The van der Waals surface area contributed by atoms with Gasteiger partial charge in [0.1, 0.15) is 11.5 Å². The Balaban J connectivity index is 1.24. The third kappa shape index (κ3) is 5.93. The zero-order valence-electron chi connectivity index (χ0n) is 28.6. The van der Waals surface area contributed by atoms with Crippen LogP contribution in [0.2, 0.25) is 0 Å². The molecule has 0 saturated heterocycles. The molecule has 0 spiro atoms. The first-order valence-electron chi connectivity index (χ1n) is 18.4. The highest BCUT2D eigenvalue weighted by atomic mass is 16.5. The summed E-state index contributed by atoms with van der Waals surface area (Å²) < 4.78 is 18.0. The van der Waals surface area contributed by atoms with E-state index in [9.17, 15) is 14.7 Å². The normalized spacial score (nSPS) is 17.0. The van der Waals surface area contributed by atoms with Crippen LogP contribution >= 0.6 is 0 Å². The van der Waals surface area contributed by atoms with Gasteiger partial charge in [0.2, 0.25) is 5.91 Å². The van der Waals surface area contributed by atoms with Crippen molar-refractivity contribution in [1.29, 1.82) is 0 Å².